The molecule has 0 radical (unpaired) electrons. The number of rotatable bonds is 5. The van der Waals surface area contributed by atoms with Gasteiger partial charge in [0.1, 0.15) is 16.2 Å². The Morgan fingerprint density at radius 2 is 1.06 bits per heavy atom. The van der Waals surface area contributed by atoms with Gasteiger partial charge in [-0.15, -0.1) is 5.43 Å². The lowest BCUT2D eigenvalue weighted by Crippen LogP contribution is -2.56. The minimum atomic E-state index is -0.928. The van der Waals surface area contributed by atoms with E-state index >= 15 is 0 Å². The Labute approximate surface area is 203 Å². The molecule has 0 atom stereocenters. The fraction of sp³-hybridized carbons (Fsp3) is 0.0357. The van der Waals surface area contributed by atoms with Crippen molar-refractivity contribution in [1.82, 2.24) is 10.0 Å². The van der Waals surface area contributed by atoms with Crippen LogP contribution < -0.4 is 10.0 Å². The van der Waals surface area contributed by atoms with Crippen molar-refractivity contribution in [2.24, 2.45) is 0 Å². The molecule has 5 rings (SSSR count). The van der Waals surface area contributed by atoms with Gasteiger partial charge in [-0.1, -0.05) is 108 Å². The molecule has 0 fully saturated rings. The van der Waals surface area contributed by atoms with Crippen LogP contribution in [0.2, 0.25) is 10.0 Å². The zero-order chi connectivity index (χ0) is 22.9. The molecule has 5 heteroatoms. The second-order valence-corrected chi connectivity index (χ2v) is 8.74. The molecule has 33 heavy (non-hydrogen) atoms. The van der Waals surface area contributed by atoms with Gasteiger partial charge < -0.3 is 0 Å². The quantitative estimate of drug-likeness (QED) is 0.246. The van der Waals surface area contributed by atoms with Gasteiger partial charge in [-0.05, 0) is 23.3 Å². The minimum absolute atomic E-state index is 0.0167. The number of benzene rings is 4. The van der Waals surface area contributed by atoms with Crippen LogP contribution in [0.25, 0.3) is 0 Å². The summed E-state index contributed by atoms with van der Waals surface area (Å²) >= 11 is 13.5. The monoisotopic (exact) mass is 471 g/mol. The molecule has 4 aromatic rings. The first-order valence-electron chi connectivity index (χ1n) is 10.6. The van der Waals surface area contributed by atoms with Crippen LogP contribution in [0.3, 0.4) is 0 Å². The molecule has 0 spiro atoms. The van der Waals surface area contributed by atoms with E-state index in [4.69, 9.17) is 23.2 Å². The van der Waals surface area contributed by atoms with Gasteiger partial charge >= 0.3 is 0 Å². The van der Waals surface area contributed by atoms with E-state index in [9.17, 15) is 4.79 Å². The molecular formula is C28H21Cl2N2O+. The van der Waals surface area contributed by atoms with Crippen molar-refractivity contribution < 1.29 is 4.79 Å². The van der Waals surface area contributed by atoms with Crippen molar-refractivity contribution in [3.05, 3.63) is 142 Å². The van der Waals surface area contributed by atoms with Gasteiger partial charge in [0.15, 0.2) is 23.2 Å². The molecule has 0 aromatic heterocycles. The Bertz CT molecular complexity index is 1250. The van der Waals surface area contributed by atoms with Gasteiger partial charge in [-0.2, -0.15) is 4.59 Å². The lowest BCUT2D eigenvalue weighted by Gasteiger charge is -2.38. The van der Waals surface area contributed by atoms with Gasteiger partial charge in [-0.3, -0.25) is 4.79 Å². The molecule has 0 aliphatic carbocycles. The lowest BCUT2D eigenvalue weighted by molar-refractivity contribution is -0.105. The van der Waals surface area contributed by atoms with Crippen molar-refractivity contribution in [2.45, 2.75) is 5.54 Å². The molecule has 162 valence electrons. The van der Waals surface area contributed by atoms with Crippen LogP contribution in [-0.2, 0) is 10.3 Å². The molecule has 1 aliphatic rings. The van der Waals surface area contributed by atoms with Crippen LogP contribution in [0.4, 0.5) is 11.4 Å². The summed E-state index contributed by atoms with van der Waals surface area (Å²) in [5.74, 6) is 0. The maximum atomic E-state index is 12.7. The van der Waals surface area contributed by atoms with Gasteiger partial charge in [0, 0.05) is 12.1 Å². The number of carbonyl (C=O) groups is 1. The normalized spacial score (nSPS) is 16.2. The van der Waals surface area contributed by atoms with Crippen molar-refractivity contribution in [2.75, 3.05) is 0 Å². The average molecular weight is 472 g/mol. The van der Waals surface area contributed by atoms with Crippen molar-refractivity contribution in [3.8, 4) is 0 Å². The summed E-state index contributed by atoms with van der Waals surface area (Å²) in [6.45, 7) is 0. The van der Waals surface area contributed by atoms with Crippen molar-refractivity contribution in [3.63, 3.8) is 0 Å². The number of nitrogens with zero attached hydrogens (tertiary/aromatic N) is 1. The molecule has 0 saturated carbocycles. The number of quaternary nitrogens is 1. The van der Waals surface area contributed by atoms with Gasteiger partial charge in [0.25, 0.3) is 0 Å². The molecule has 0 unspecified atom stereocenters. The van der Waals surface area contributed by atoms with Crippen LogP contribution in [0, 0.1) is 0 Å². The van der Waals surface area contributed by atoms with E-state index in [-0.39, 0.29) is 4.59 Å². The summed E-state index contributed by atoms with van der Waals surface area (Å²) in [4.78, 5) is 12.7. The van der Waals surface area contributed by atoms with E-state index in [1.165, 1.54) is 0 Å². The van der Waals surface area contributed by atoms with E-state index < -0.39 is 5.54 Å². The molecule has 1 aliphatic heterocycles. The first-order chi connectivity index (χ1) is 16.1. The Hall–Kier alpha value is -3.21. The highest BCUT2D eigenvalue weighted by Crippen LogP contribution is 2.51. The maximum Gasteiger partial charge on any atom is 0.180 e. The lowest BCUT2D eigenvalue weighted by atomic mass is 9.79. The van der Waals surface area contributed by atoms with E-state index in [1.54, 1.807) is 0 Å². The molecule has 1 N–H and O–H groups in total. The predicted octanol–water partition coefficient (Wildman–Crippen LogP) is 7.18. The first kappa shape index (κ1) is 21.6. The number of para-hydroxylation sites is 2. The number of hydrogen-bond donors (Lipinski definition) is 1. The molecule has 0 bridgehead atoms. The first-order valence-corrected chi connectivity index (χ1v) is 11.4. The number of carbonyl (C=O) groups excluding carboxylic acids is 1. The van der Waals surface area contributed by atoms with E-state index in [0.717, 1.165) is 28.8 Å². The Balaban J connectivity index is 1.88. The summed E-state index contributed by atoms with van der Waals surface area (Å²) in [7, 11) is 0. The smallest absolute Gasteiger partial charge is 0.180 e. The topological polar surface area (TPSA) is 29.1 Å². The average Bonchev–Trinajstić information content (AvgIpc) is 3.23. The summed E-state index contributed by atoms with van der Waals surface area (Å²) in [6, 6.07) is 35.1. The fourth-order valence-corrected chi connectivity index (χ4v) is 5.19. The molecule has 3 nitrogen and oxygen atoms in total. The summed E-state index contributed by atoms with van der Waals surface area (Å²) < 4.78 is -0.0167. The largest absolute Gasteiger partial charge is 0.298 e. The third-order valence-corrected chi connectivity index (χ3v) is 6.75. The van der Waals surface area contributed by atoms with E-state index in [2.05, 4.69) is 5.43 Å². The van der Waals surface area contributed by atoms with Crippen LogP contribution in [0.5, 0.6) is 0 Å². The second-order valence-electron chi connectivity index (χ2n) is 7.92. The van der Waals surface area contributed by atoms with Crippen LogP contribution in [-0.4, -0.2) is 6.29 Å². The van der Waals surface area contributed by atoms with E-state index in [1.807, 2.05) is 115 Å². The van der Waals surface area contributed by atoms with Crippen molar-refractivity contribution >= 4 is 40.9 Å². The Morgan fingerprint density at radius 1 is 0.636 bits per heavy atom. The summed E-state index contributed by atoms with van der Waals surface area (Å²) in [6.07, 6.45) is 2.83. The predicted molar refractivity (Wildman–Crippen MR) is 135 cm³/mol. The Kier molecular flexibility index (Phi) is 5.65. The number of hydrogen-bond acceptors (Lipinski definition) is 2. The number of aldehydes is 1. The highest BCUT2D eigenvalue weighted by molar-refractivity contribution is 6.34. The van der Waals surface area contributed by atoms with Gasteiger partial charge in [0.2, 0.25) is 0 Å². The molecule has 4 aromatic carbocycles. The SMILES string of the molecule is O=CC1=C[N+](c2ccccc2Cl)(c2ccccc2Cl)NC1(c1ccccc1)c1ccccc1. The van der Waals surface area contributed by atoms with Gasteiger partial charge in [0.05, 0.1) is 5.57 Å². The minimum Gasteiger partial charge on any atom is -0.298 e. The standard InChI is InChI=1S/C28H21Cl2N2O/c29-24-15-7-9-17-26(24)32(27-18-10-8-16-25(27)30)19-23(20-33)28(31-32,21-11-3-1-4-12-21)22-13-5-2-6-14-22/h1-20,31H/q+1. The number of nitrogens with one attached hydrogen (secondary N) is 1. The maximum absolute atomic E-state index is 12.7. The number of halogens is 2. The summed E-state index contributed by atoms with van der Waals surface area (Å²) in [5.41, 5.74) is 6.86. The highest BCUT2D eigenvalue weighted by Gasteiger charge is 2.55. The fourth-order valence-electron chi connectivity index (χ4n) is 4.66. The summed E-state index contributed by atoms with van der Waals surface area (Å²) in [5, 5.41) is 1.12. The van der Waals surface area contributed by atoms with Crippen LogP contribution in [0.1, 0.15) is 11.1 Å². The van der Waals surface area contributed by atoms with Gasteiger partial charge in [-0.25, -0.2) is 0 Å². The molecule has 1 heterocycles. The van der Waals surface area contributed by atoms with Crippen molar-refractivity contribution in [1.29, 1.82) is 0 Å². The third kappa shape index (κ3) is 3.41. The van der Waals surface area contributed by atoms with Crippen LogP contribution >= 0.6 is 23.2 Å². The zero-order valence-corrected chi connectivity index (χ0v) is 19.2. The highest BCUT2D eigenvalue weighted by atomic mass is 35.5. The Morgan fingerprint density at radius 3 is 1.48 bits per heavy atom. The van der Waals surface area contributed by atoms with Crippen LogP contribution in [0.15, 0.2) is 121 Å². The zero-order valence-electron chi connectivity index (χ0n) is 17.7. The molecular weight excluding hydrogens is 451 g/mol. The molecule has 0 saturated heterocycles. The second kappa shape index (κ2) is 8.62. The molecule has 0 amide bonds. The third-order valence-electron chi connectivity index (χ3n) is 6.12. The van der Waals surface area contributed by atoms with E-state index in [0.29, 0.717) is 15.6 Å².